The number of allylic oxidation sites excluding steroid dienone is 4. The molecule has 1 heteroatoms. The van der Waals surface area contributed by atoms with Crippen LogP contribution < -0.4 is 0 Å². The van der Waals surface area contributed by atoms with Gasteiger partial charge >= 0.3 is 0 Å². The van der Waals surface area contributed by atoms with Crippen LogP contribution in [0.5, 0.6) is 0 Å². The van der Waals surface area contributed by atoms with Crippen LogP contribution in [0.3, 0.4) is 0 Å². The van der Waals surface area contributed by atoms with Crippen molar-refractivity contribution >= 4 is 5.78 Å². The van der Waals surface area contributed by atoms with Gasteiger partial charge in [-0.3, -0.25) is 4.79 Å². The molecule has 0 radical (unpaired) electrons. The minimum absolute atomic E-state index is 0.226. The molecule has 1 nitrogen and oxygen atoms in total. The molecule has 0 bridgehead atoms. The highest BCUT2D eigenvalue weighted by atomic mass is 16.1. The van der Waals surface area contributed by atoms with Gasteiger partial charge in [-0.25, -0.2) is 0 Å². The van der Waals surface area contributed by atoms with Crippen molar-refractivity contribution in [2.75, 3.05) is 0 Å². The molecule has 0 aliphatic rings. The normalized spacial score (nSPS) is 10.4. The molecule has 0 aliphatic heterocycles. The average Bonchev–Trinajstić information content (AvgIpc) is 2.52. The molecule has 128 valence electrons. The van der Waals surface area contributed by atoms with E-state index < -0.39 is 0 Å². The fourth-order valence-corrected chi connectivity index (χ4v) is 2.60. The summed E-state index contributed by atoms with van der Waals surface area (Å²) in [4.78, 5) is 12.4. The summed E-state index contributed by atoms with van der Waals surface area (Å²) in [5.74, 6) is 0.226. The van der Waals surface area contributed by atoms with E-state index >= 15 is 0 Å². The SMILES string of the molecule is CCCCC(=CC(=O)C=C(CCCC)CCCC)CCCC. The molecule has 0 atom stereocenters. The number of ketones is 1. The summed E-state index contributed by atoms with van der Waals surface area (Å²) in [6, 6.07) is 0. The molecule has 0 aromatic carbocycles. The Labute approximate surface area is 139 Å². The quantitative estimate of drug-likeness (QED) is 0.311. The molecule has 0 aliphatic carbocycles. The number of hydrogen-bond donors (Lipinski definition) is 0. The Kier molecular flexibility index (Phi) is 14.5. The first kappa shape index (κ1) is 21.1. The van der Waals surface area contributed by atoms with E-state index in [1.54, 1.807) is 0 Å². The molecule has 0 saturated carbocycles. The van der Waals surface area contributed by atoms with E-state index in [4.69, 9.17) is 0 Å². The Hall–Kier alpha value is -0.850. The molecule has 0 rings (SSSR count). The molecule has 0 amide bonds. The van der Waals surface area contributed by atoms with Crippen molar-refractivity contribution in [3.63, 3.8) is 0 Å². The molecule has 0 fully saturated rings. The molecule has 22 heavy (non-hydrogen) atoms. The van der Waals surface area contributed by atoms with Gasteiger partial charge in [0.05, 0.1) is 0 Å². The Morgan fingerprint density at radius 1 is 0.591 bits per heavy atom. The average molecular weight is 307 g/mol. The first-order valence-corrected chi connectivity index (χ1v) is 9.60. The highest BCUT2D eigenvalue weighted by Gasteiger charge is 2.04. The minimum Gasteiger partial charge on any atom is -0.290 e. The maximum atomic E-state index is 12.4. The third-order valence-corrected chi connectivity index (χ3v) is 4.10. The van der Waals surface area contributed by atoms with Crippen LogP contribution in [-0.4, -0.2) is 5.78 Å². The summed E-state index contributed by atoms with van der Waals surface area (Å²) >= 11 is 0. The molecule has 0 saturated heterocycles. The second-order valence-electron chi connectivity index (χ2n) is 6.42. The maximum Gasteiger partial charge on any atom is 0.178 e. The van der Waals surface area contributed by atoms with Crippen molar-refractivity contribution in [2.24, 2.45) is 0 Å². The lowest BCUT2D eigenvalue weighted by atomic mass is 9.98. The van der Waals surface area contributed by atoms with Crippen molar-refractivity contribution < 1.29 is 4.79 Å². The first-order valence-electron chi connectivity index (χ1n) is 9.60. The van der Waals surface area contributed by atoms with E-state index in [9.17, 15) is 4.79 Å². The summed E-state index contributed by atoms with van der Waals surface area (Å²) in [5.41, 5.74) is 2.71. The molecule has 0 heterocycles. The largest absolute Gasteiger partial charge is 0.290 e. The van der Waals surface area contributed by atoms with Gasteiger partial charge < -0.3 is 0 Å². The zero-order valence-electron chi connectivity index (χ0n) is 15.5. The Balaban J connectivity index is 4.78. The van der Waals surface area contributed by atoms with Gasteiger partial charge in [-0.05, 0) is 63.5 Å². The van der Waals surface area contributed by atoms with Gasteiger partial charge in [0.25, 0.3) is 0 Å². The topological polar surface area (TPSA) is 17.1 Å². The third-order valence-electron chi connectivity index (χ3n) is 4.10. The highest BCUT2D eigenvalue weighted by Crippen LogP contribution is 2.18. The number of unbranched alkanes of at least 4 members (excludes halogenated alkanes) is 4. The zero-order chi connectivity index (χ0) is 16.6. The number of carbonyl (C=O) groups excluding carboxylic acids is 1. The summed E-state index contributed by atoms with van der Waals surface area (Å²) in [7, 11) is 0. The fourth-order valence-electron chi connectivity index (χ4n) is 2.60. The van der Waals surface area contributed by atoms with E-state index in [-0.39, 0.29) is 5.78 Å². The van der Waals surface area contributed by atoms with Crippen LogP contribution in [0, 0.1) is 0 Å². The van der Waals surface area contributed by atoms with Gasteiger partial charge in [0.2, 0.25) is 0 Å². The van der Waals surface area contributed by atoms with E-state index in [0.717, 1.165) is 25.7 Å². The monoisotopic (exact) mass is 306 g/mol. The van der Waals surface area contributed by atoms with Crippen LogP contribution in [0.1, 0.15) is 105 Å². The molecule has 0 aromatic rings. The van der Waals surface area contributed by atoms with Crippen LogP contribution in [0.2, 0.25) is 0 Å². The summed E-state index contributed by atoms with van der Waals surface area (Å²) < 4.78 is 0. The summed E-state index contributed by atoms with van der Waals surface area (Å²) in [5, 5.41) is 0. The maximum absolute atomic E-state index is 12.4. The lowest BCUT2D eigenvalue weighted by Crippen LogP contribution is -1.96. The van der Waals surface area contributed by atoms with Crippen LogP contribution in [0.25, 0.3) is 0 Å². The Morgan fingerprint density at radius 3 is 1.09 bits per heavy atom. The van der Waals surface area contributed by atoms with Gasteiger partial charge in [-0.2, -0.15) is 0 Å². The smallest absolute Gasteiger partial charge is 0.178 e. The molecule has 0 N–H and O–H groups in total. The predicted octanol–water partition coefficient (Wildman–Crippen LogP) is 7.17. The van der Waals surface area contributed by atoms with Crippen LogP contribution in [0.4, 0.5) is 0 Å². The van der Waals surface area contributed by atoms with Crippen molar-refractivity contribution in [2.45, 2.75) is 105 Å². The molecular weight excluding hydrogens is 268 g/mol. The van der Waals surface area contributed by atoms with Crippen molar-refractivity contribution in [1.29, 1.82) is 0 Å². The predicted molar refractivity (Wildman–Crippen MR) is 99.3 cm³/mol. The number of rotatable bonds is 14. The van der Waals surface area contributed by atoms with Crippen LogP contribution in [0.15, 0.2) is 23.3 Å². The number of hydrogen-bond acceptors (Lipinski definition) is 1. The fraction of sp³-hybridized carbons (Fsp3) is 0.762. The van der Waals surface area contributed by atoms with Gasteiger partial charge in [-0.1, -0.05) is 64.5 Å². The van der Waals surface area contributed by atoms with E-state index in [0.29, 0.717) is 0 Å². The van der Waals surface area contributed by atoms with E-state index in [2.05, 4.69) is 27.7 Å². The lowest BCUT2D eigenvalue weighted by molar-refractivity contribution is -0.110. The molecule has 0 spiro atoms. The first-order chi connectivity index (χ1) is 10.7. The van der Waals surface area contributed by atoms with Crippen molar-refractivity contribution in [3.8, 4) is 0 Å². The van der Waals surface area contributed by atoms with Gasteiger partial charge in [0.1, 0.15) is 0 Å². The van der Waals surface area contributed by atoms with Crippen molar-refractivity contribution in [3.05, 3.63) is 23.3 Å². The van der Waals surface area contributed by atoms with Gasteiger partial charge in [0.15, 0.2) is 5.78 Å². The van der Waals surface area contributed by atoms with E-state index in [1.807, 2.05) is 12.2 Å². The third kappa shape index (κ3) is 11.8. The Bertz CT molecular complexity index is 284. The zero-order valence-corrected chi connectivity index (χ0v) is 15.5. The second kappa shape index (κ2) is 15.1. The number of carbonyl (C=O) groups is 1. The second-order valence-corrected chi connectivity index (χ2v) is 6.42. The van der Waals surface area contributed by atoms with Gasteiger partial charge in [0, 0.05) is 0 Å². The van der Waals surface area contributed by atoms with Crippen LogP contribution >= 0.6 is 0 Å². The highest BCUT2D eigenvalue weighted by molar-refractivity contribution is 6.00. The molecular formula is C21H38O. The molecule has 0 unspecified atom stereocenters. The lowest BCUT2D eigenvalue weighted by Gasteiger charge is -2.07. The van der Waals surface area contributed by atoms with Crippen molar-refractivity contribution in [1.82, 2.24) is 0 Å². The van der Waals surface area contributed by atoms with Crippen LogP contribution in [-0.2, 0) is 4.79 Å². The van der Waals surface area contributed by atoms with E-state index in [1.165, 1.54) is 62.5 Å². The standard InChI is InChI=1S/C21H38O/c1-5-9-13-19(14-10-6-2)17-21(22)18-20(15-11-7-3)16-12-8-4/h17-18H,5-16H2,1-4H3. The molecule has 0 aromatic heterocycles. The summed E-state index contributed by atoms with van der Waals surface area (Å²) in [6.07, 6.45) is 17.8. The Morgan fingerprint density at radius 2 is 0.864 bits per heavy atom. The summed E-state index contributed by atoms with van der Waals surface area (Å²) in [6.45, 7) is 8.86. The minimum atomic E-state index is 0.226. The van der Waals surface area contributed by atoms with Gasteiger partial charge in [-0.15, -0.1) is 0 Å².